The van der Waals surface area contributed by atoms with Gasteiger partial charge >= 0.3 is 0 Å². The van der Waals surface area contributed by atoms with E-state index in [1.807, 2.05) is 25.1 Å². The summed E-state index contributed by atoms with van der Waals surface area (Å²) in [5.41, 5.74) is 1.43. The van der Waals surface area contributed by atoms with E-state index < -0.39 is 5.82 Å². The van der Waals surface area contributed by atoms with Gasteiger partial charge < -0.3 is 10.1 Å². The molecule has 2 rings (SSSR count). The third kappa shape index (κ3) is 3.57. The van der Waals surface area contributed by atoms with E-state index >= 15 is 0 Å². The van der Waals surface area contributed by atoms with Crippen molar-refractivity contribution >= 4 is 27.5 Å². The molecule has 1 unspecified atom stereocenters. The normalized spacial score (nSPS) is 12.2. The second-order valence-corrected chi connectivity index (χ2v) is 5.74. The maximum atomic E-state index is 14.2. The van der Waals surface area contributed by atoms with Gasteiger partial charge in [-0.15, -0.1) is 0 Å². The highest BCUT2D eigenvalue weighted by Crippen LogP contribution is 2.33. The van der Waals surface area contributed by atoms with E-state index in [4.69, 9.17) is 16.3 Å². The van der Waals surface area contributed by atoms with Crippen LogP contribution in [0.1, 0.15) is 24.1 Å². The molecule has 2 aromatic carbocycles. The molecule has 1 atom stereocenters. The van der Waals surface area contributed by atoms with Gasteiger partial charge in [-0.25, -0.2) is 4.39 Å². The topological polar surface area (TPSA) is 21.3 Å². The molecule has 0 heterocycles. The van der Waals surface area contributed by atoms with Gasteiger partial charge in [-0.2, -0.15) is 0 Å². The van der Waals surface area contributed by atoms with Crippen molar-refractivity contribution in [2.45, 2.75) is 13.0 Å². The van der Waals surface area contributed by atoms with Gasteiger partial charge in [0.1, 0.15) is 11.6 Å². The first-order valence-corrected chi connectivity index (χ1v) is 7.79. The molecule has 0 saturated carbocycles. The van der Waals surface area contributed by atoms with Crippen molar-refractivity contribution in [2.75, 3.05) is 13.7 Å². The summed E-state index contributed by atoms with van der Waals surface area (Å²) in [6, 6.07) is 10.4. The average molecular weight is 373 g/mol. The Hall–Kier alpha value is -1.10. The first-order chi connectivity index (χ1) is 10.1. The van der Waals surface area contributed by atoms with Crippen LogP contribution in [0.4, 0.5) is 4.39 Å². The van der Waals surface area contributed by atoms with E-state index in [9.17, 15) is 4.39 Å². The maximum Gasteiger partial charge on any atom is 0.146 e. The summed E-state index contributed by atoms with van der Waals surface area (Å²) >= 11 is 9.40. The van der Waals surface area contributed by atoms with Crippen molar-refractivity contribution in [3.05, 3.63) is 62.8 Å². The molecular weight excluding hydrogens is 357 g/mol. The summed E-state index contributed by atoms with van der Waals surface area (Å²) < 4.78 is 20.6. The number of nitrogens with one attached hydrogen (secondary N) is 1. The molecule has 2 aromatic rings. The molecule has 0 saturated heterocycles. The van der Waals surface area contributed by atoms with Gasteiger partial charge in [0.15, 0.2) is 0 Å². The van der Waals surface area contributed by atoms with E-state index in [2.05, 4.69) is 21.2 Å². The molecule has 5 heteroatoms. The Kier molecular flexibility index (Phi) is 5.62. The van der Waals surface area contributed by atoms with Gasteiger partial charge in [0, 0.05) is 10.0 Å². The largest absolute Gasteiger partial charge is 0.494 e. The zero-order valence-electron chi connectivity index (χ0n) is 11.8. The zero-order valence-corrected chi connectivity index (χ0v) is 14.1. The van der Waals surface area contributed by atoms with Crippen LogP contribution in [0.5, 0.6) is 5.75 Å². The Labute approximate surface area is 137 Å². The van der Waals surface area contributed by atoms with Gasteiger partial charge in [-0.05, 0) is 37.7 Å². The van der Waals surface area contributed by atoms with Crippen LogP contribution >= 0.6 is 27.5 Å². The second-order valence-electron chi connectivity index (χ2n) is 4.48. The number of benzene rings is 2. The highest BCUT2D eigenvalue weighted by Gasteiger charge is 2.20. The Balaban J connectivity index is 2.44. The summed E-state index contributed by atoms with van der Waals surface area (Å²) in [6.45, 7) is 2.53. The Bertz CT molecular complexity index is 636. The molecule has 21 heavy (non-hydrogen) atoms. The van der Waals surface area contributed by atoms with Crippen molar-refractivity contribution in [1.29, 1.82) is 0 Å². The summed E-state index contributed by atoms with van der Waals surface area (Å²) in [7, 11) is 1.79. The van der Waals surface area contributed by atoms with Crippen LogP contribution in [0.2, 0.25) is 5.02 Å². The fourth-order valence-corrected chi connectivity index (χ4v) is 2.99. The van der Waals surface area contributed by atoms with E-state index in [1.165, 1.54) is 0 Å². The Morgan fingerprint density at radius 1 is 1.29 bits per heavy atom. The highest BCUT2D eigenvalue weighted by molar-refractivity contribution is 9.10. The van der Waals surface area contributed by atoms with Gasteiger partial charge in [-0.3, -0.25) is 0 Å². The van der Waals surface area contributed by atoms with Crippen LogP contribution in [0, 0.1) is 5.82 Å². The van der Waals surface area contributed by atoms with Crippen LogP contribution in [-0.2, 0) is 0 Å². The van der Waals surface area contributed by atoms with Crippen molar-refractivity contribution in [1.82, 2.24) is 5.32 Å². The minimum Gasteiger partial charge on any atom is -0.494 e. The van der Waals surface area contributed by atoms with Crippen LogP contribution in [0.3, 0.4) is 0 Å². The predicted molar refractivity (Wildman–Crippen MR) is 87.6 cm³/mol. The van der Waals surface area contributed by atoms with Crippen molar-refractivity contribution in [3.63, 3.8) is 0 Å². The lowest BCUT2D eigenvalue weighted by Gasteiger charge is -2.20. The number of ether oxygens (including phenoxy) is 1. The number of rotatable bonds is 5. The van der Waals surface area contributed by atoms with Crippen molar-refractivity contribution in [3.8, 4) is 5.75 Å². The lowest BCUT2D eigenvalue weighted by molar-refractivity contribution is 0.340. The van der Waals surface area contributed by atoms with Gasteiger partial charge in [0.05, 0.1) is 17.7 Å². The minimum absolute atomic E-state index is 0.120. The van der Waals surface area contributed by atoms with E-state index in [0.717, 1.165) is 15.8 Å². The summed E-state index contributed by atoms with van der Waals surface area (Å²) in [5.74, 6) is 0.369. The van der Waals surface area contributed by atoms with Crippen molar-refractivity contribution < 1.29 is 9.13 Å². The summed E-state index contributed by atoms with van der Waals surface area (Å²) in [6.07, 6.45) is 0. The summed E-state index contributed by atoms with van der Waals surface area (Å²) in [4.78, 5) is 0. The third-order valence-electron chi connectivity index (χ3n) is 3.18. The summed E-state index contributed by atoms with van der Waals surface area (Å²) in [5, 5.41) is 3.25. The molecule has 0 amide bonds. The molecule has 0 fully saturated rings. The maximum absolute atomic E-state index is 14.2. The van der Waals surface area contributed by atoms with Crippen molar-refractivity contribution in [2.24, 2.45) is 0 Å². The first-order valence-electron chi connectivity index (χ1n) is 6.61. The van der Waals surface area contributed by atoms with Gasteiger partial charge in [0.25, 0.3) is 0 Å². The number of hydrogen-bond donors (Lipinski definition) is 1. The molecule has 0 aromatic heterocycles. The molecule has 0 radical (unpaired) electrons. The number of hydrogen-bond acceptors (Lipinski definition) is 2. The zero-order chi connectivity index (χ0) is 15.4. The second kappa shape index (κ2) is 7.25. The highest BCUT2D eigenvalue weighted by atomic mass is 79.9. The van der Waals surface area contributed by atoms with Crippen LogP contribution in [0.15, 0.2) is 40.9 Å². The van der Waals surface area contributed by atoms with Gasteiger partial charge in [-0.1, -0.05) is 45.7 Å². The standard InChI is InChI=1S/C16H16BrClFNO/c1-3-21-10-7-8-11(13(17)9-10)16(20-2)12-5-4-6-14(18)15(12)19/h4-9,16,20H,3H2,1-2H3. The smallest absolute Gasteiger partial charge is 0.146 e. The molecule has 0 spiro atoms. The van der Waals surface area contributed by atoms with E-state index in [0.29, 0.717) is 12.2 Å². The van der Waals surface area contributed by atoms with Crippen LogP contribution in [0.25, 0.3) is 0 Å². The number of halogens is 3. The van der Waals surface area contributed by atoms with Crippen LogP contribution in [-0.4, -0.2) is 13.7 Å². The molecule has 2 nitrogen and oxygen atoms in total. The fraction of sp³-hybridized carbons (Fsp3) is 0.250. The lowest BCUT2D eigenvalue weighted by atomic mass is 9.98. The van der Waals surface area contributed by atoms with E-state index in [1.54, 1.807) is 25.2 Å². The quantitative estimate of drug-likeness (QED) is 0.802. The molecule has 0 bridgehead atoms. The van der Waals surface area contributed by atoms with E-state index in [-0.39, 0.29) is 11.1 Å². The molecule has 0 aliphatic rings. The molecule has 1 N–H and O–H groups in total. The minimum atomic E-state index is -0.403. The Morgan fingerprint density at radius 3 is 2.67 bits per heavy atom. The monoisotopic (exact) mass is 371 g/mol. The lowest BCUT2D eigenvalue weighted by Crippen LogP contribution is -2.19. The third-order valence-corrected chi connectivity index (χ3v) is 4.15. The SMILES string of the molecule is CCOc1ccc(C(NC)c2cccc(Cl)c2F)c(Br)c1. The molecule has 112 valence electrons. The first kappa shape index (κ1) is 16.3. The molecule has 0 aliphatic carbocycles. The molecular formula is C16H16BrClFNO. The van der Waals surface area contributed by atoms with Crippen LogP contribution < -0.4 is 10.1 Å². The van der Waals surface area contributed by atoms with Gasteiger partial charge in [0.2, 0.25) is 0 Å². The predicted octanol–water partition coefficient (Wildman–Crippen LogP) is 4.95. The Morgan fingerprint density at radius 2 is 2.05 bits per heavy atom. The average Bonchev–Trinajstić information content (AvgIpc) is 2.46. The molecule has 0 aliphatic heterocycles. The fourth-order valence-electron chi connectivity index (χ4n) is 2.22.